The number of rotatable bonds is 5. The van der Waals surface area contributed by atoms with Crippen molar-refractivity contribution in [2.45, 2.75) is 17.9 Å². The molecule has 0 spiro atoms. The Morgan fingerprint density at radius 1 is 1.39 bits per heavy atom. The Hall–Kier alpha value is -0.480. The van der Waals surface area contributed by atoms with E-state index in [1.165, 1.54) is 10.4 Å². The van der Waals surface area contributed by atoms with E-state index < -0.39 is 0 Å². The minimum Gasteiger partial charge on any atom is -0.312 e. The Labute approximate surface area is 122 Å². The zero-order valence-electron chi connectivity index (χ0n) is 10.4. The van der Waals surface area contributed by atoms with Crippen LogP contribution in [-0.2, 0) is 0 Å². The average Bonchev–Trinajstić information content (AvgIpc) is 2.79. The Kier molecular flexibility index (Phi) is 5.13. The lowest BCUT2D eigenvalue weighted by molar-refractivity contribution is 0.664. The summed E-state index contributed by atoms with van der Waals surface area (Å²) in [5.74, 6) is 0.983. The zero-order chi connectivity index (χ0) is 13.0. The number of hydrogen-bond acceptors (Lipinski definition) is 3. The van der Waals surface area contributed by atoms with Gasteiger partial charge in [-0.3, -0.25) is 0 Å². The molecule has 96 valence electrons. The van der Waals surface area contributed by atoms with Crippen LogP contribution in [0.5, 0.6) is 0 Å². The van der Waals surface area contributed by atoms with Crippen molar-refractivity contribution < 1.29 is 0 Å². The van der Waals surface area contributed by atoms with E-state index >= 15 is 0 Å². The number of thiophene rings is 1. The summed E-state index contributed by atoms with van der Waals surface area (Å²) in [4.78, 5) is 2.50. The van der Waals surface area contributed by atoms with Crippen molar-refractivity contribution in [3.8, 4) is 0 Å². The SMILES string of the molecule is CNC(CSc1ccccc1Cl)c1csc(C)c1. The molecule has 0 aliphatic carbocycles. The van der Waals surface area contributed by atoms with Gasteiger partial charge in [0.05, 0.1) is 5.02 Å². The van der Waals surface area contributed by atoms with E-state index in [0.717, 1.165) is 15.7 Å². The molecule has 1 heterocycles. The van der Waals surface area contributed by atoms with Crippen molar-refractivity contribution in [2.75, 3.05) is 12.8 Å². The van der Waals surface area contributed by atoms with Gasteiger partial charge in [-0.15, -0.1) is 23.1 Å². The highest BCUT2D eigenvalue weighted by atomic mass is 35.5. The predicted molar refractivity (Wildman–Crippen MR) is 83.0 cm³/mol. The Balaban J connectivity index is 2.02. The predicted octanol–water partition coefficient (Wildman–Crippen LogP) is 4.76. The van der Waals surface area contributed by atoms with Crippen molar-refractivity contribution in [1.82, 2.24) is 5.32 Å². The fourth-order valence-electron chi connectivity index (χ4n) is 1.73. The summed E-state index contributed by atoms with van der Waals surface area (Å²) in [7, 11) is 2.00. The number of hydrogen-bond donors (Lipinski definition) is 1. The van der Waals surface area contributed by atoms with Gasteiger partial charge in [-0.25, -0.2) is 0 Å². The summed E-state index contributed by atoms with van der Waals surface area (Å²) >= 11 is 9.75. The lowest BCUT2D eigenvalue weighted by Crippen LogP contribution is -2.17. The summed E-state index contributed by atoms with van der Waals surface area (Å²) in [5.41, 5.74) is 1.36. The molecule has 0 aliphatic rings. The van der Waals surface area contributed by atoms with Gasteiger partial charge in [0.1, 0.15) is 0 Å². The summed E-state index contributed by atoms with van der Waals surface area (Å²) in [6, 6.07) is 10.6. The Morgan fingerprint density at radius 2 is 2.17 bits per heavy atom. The fourth-order valence-corrected chi connectivity index (χ4v) is 3.87. The molecule has 1 unspecified atom stereocenters. The summed E-state index contributed by atoms with van der Waals surface area (Å²) in [6.45, 7) is 2.14. The minimum absolute atomic E-state index is 0.372. The molecule has 4 heteroatoms. The van der Waals surface area contributed by atoms with Gasteiger partial charge >= 0.3 is 0 Å². The van der Waals surface area contributed by atoms with E-state index in [1.807, 2.05) is 25.2 Å². The van der Waals surface area contributed by atoms with Crippen molar-refractivity contribution in [2.24, 2.45) is 0 Å². The molecule has 0 amide bonds. The van der Waals surface area contributed by atoms with Crippen molar-refractivity contribution >= 4 is 34.7 Å². The van der Waals surface area contributed by atoms with Crippen LogP contribution in [0.4, 0.5) is 0 Å². The third-order valence-corrected chi connectivity index (χ3v) is 5.23. The molecular formula is C14H16ClNS2. The molecule has 2 rings (SSSR count). The number of benzene rings is 1. The first-order valence-electron chi connectivity index (χ1n) is 5.80. The van der Waals surface area contributed by atoms with Crippen LogP contribution in [0, 0.1) is 6.92 Å². The van der Waals surface area contributed by atoms with Crippen LogP contribution in [0.15, 0.2) is 40.6 Å². The first-order chi connectivity index (χ1) is 8.70. The molecule has 18 heavy (non-hydrogen) atoms. The molecule has 0 saturated carbocycles. The van der Waals surface area contributed by atoms with Crippen molar-refractivity contribution in [3.63, 3.8) is 0 Å². The Morgan fingerprint density at radius 3 is 2.78 bits per heavy atom. The molecule has 2 aromatic rings. The van der Waals surface area contributed by atoms with Crippen molar-refractivity contribution in [1.29, 1.82) is 0 Å². The van der Waals surface area contributed by atoms with Crippen LogP contribution in [0.3, 0.4) is 0 Å². The molecule has 0 fully saturated rings. The maximum absolute atomic E-state index is 6.16. The lowest BCUT2D eigenvalue weighted by atomic mass is 10.2. The topological polar surface area (TPSA) is 12.0 Å². The molecule has 0 radical (unpaired) electrons. The highest BCUT2D eigenvalue weighted by molar-refractivity contribution is 7.99. The second kappa shape index (κ2) is 6.62. The van der Waals surface area contributed by atoms with Gasteiger partial charge < -0.3 is 5.32 Å². The molecule has 1 aromatic heterocycles. The first-order valence-corrected chi connectivity index (χ1v) is 8.04. The number of aryl methyl sites for hydroxylation is 1. The highest BCUT2D eigenvalue weighted by Gasteiger charge is 2.12. The van der Waals surface area contributed by atoms with Gasteiger partial charge in [0.25, 0.3) is 0 Å². The second-order valence-corrected chi connectivity index (χ2v) is 6.66. The highest BCUT2D eigenvalue weighted by Crippen LogP contribution is 2.31. The van der Waals surface area contributed by atoms with Crippen LogP contribution in [-0.4, -0.2) is 12.8 Å². The molecule has 0 bridgehead atoms. The van der Waals surface area contributed by atoms with E-state index in [-0.39, 0.29) is 0 Å². The summed E-state index contributed by atoms with van der Waals surface area (Å²) in [6.07, 6.45) is 0. The van der Waals surface area contributed by atoms with E-state index in [0.29, 0.717) is 6.04 Å². The lowest BCUT2D eigenvalue weighted by Gasteiger charge is -2.14. The molecule has 0 aliphatic heterocycles. The van der Waals surface area contributed by atoms with Gasteiger partial charge in [-0.1, -0.05) is 23.7 Å². The van der Waals surface area contributed by atoms with E-state index in [1.54, 1.807) is 23.1 Å². The van der Waals surface area contributed by atoms with Gasteiger partial charge in [0.15, 0.2) is 0 Å². The molecule has 0 saturated heterocycles. The zero-order valence-corrected chi connectivity index (χ0v) is 12.8. The quantitative estimate of drug-likeness (QED) is 0.798. The minimum atomic E-state index is 0.372. The molecular weight excluding hydrogens is 282 g/mol. The third-order valence-electron chi connectivity index (χ3n) is 2.74. The second-order valence-electron chi connectivity index (χ2n) is 4.07. The number of halogens is 1. The monoisotopic (exact) mass is 297 g/mol. The van der Waals surface area contributed by atoms with Gasteiger partial charge in [-0.05, 0) is 43.1 Å². The van der Waals surface area contributed by atoms with Gasteiger partial charge in [0.2, 0.25) is 0 Å². The molecule has 1 aromatic carbocycles. The van der Waals surface area contributed by atoms with Crippen LogP contribution in [0.2, 0.25) is 5.02 Å². The van der Waals surface area contributed by atoms with Gasteiger partial charge in [-0.2, -0.15) is 0 Å². The molecule has 1 nitrogen and oxygen atoms in total. The number of nitrogens with one attached hydrogen (secondary N) is 1. The molecule has 1 N–H and O–H groups in total. The largest absolute Gasteiger partial charge is 0.312 e. The maximum atomic E-state index is 6.16. The number of thioether (sulfide) groups is 1. The van der Waals surface area contributed by atoms with E-state index in [9.17, 15) is 0 Å². The van der Waals surface area contributed by atoms with Crippen LogP contribution in [0.25, 0.3) is 0 Å². The smallest absolute Gasteiger partial charge is 0.0541 e. The van der Waals surface area contributed by atoms with E-state index in [2.05, 4.69) is 29.8 Å². The first kappa shape index (κ1) is 13.9. The maximum Gasteiger partial charge on any atom is 0.0541 e. The third kappa shape index (κ3) is 3.51. The standard InChI is InChI=1S/C14H16ClNS2/c1-10-7-11(8-17-10)13(16-2)9-18-14-6-4-3-5-12(14)15/h3-8,13,16H,9H2,1-2H3. The van der Waals surface area contributed by atoms with Crippen molar-refractivity contribution in [3.05, 3.63) is 51.2 Å². The normalized spacial score (nSPS) is 12.6. The van der Waals surface area contributed by atoms with Gasteiger partial charge in [0, 0.05) is 21.6 Å². The fraction of sp³-hybridized carbons (Fsp3) is 0.286. The van der Waals surface area contributed by atoms with Crippen LogP contribution < -0.4 is 5.32 Å². The van der Waals surface area contributed by atoms with E-state index in [4.69, 9.17) is 11.6 Å². The average molecular weight is 298 g/mol. The van der Waals surface area contributed by atoms with Crippen LogP contribution in [0.1, 0.15) is 16.5 Å². The molecule has 1 atom stereocenters. The van der Waals surface area contributed by atoms with Crippen LogP contribution >= 0.6 is 34.7 Å². The Bertz CT molecular complexity index is 510. The summed E-state index contributed by atoms with van der Waals surface area (Å²) in [5, 5.41) is 6.42. The summed E-state index contributed by atoms with van der Waals surface area (Å²) < 4.78 is 0.